The van der Waals surface area contributed by atoms with Gasteiger partial charge in [0.2, 0.25) is 5.91 Å². The second-order valence-electron chi connectivity index (χ2n) is 6.72. The van der Waals surface area contributed by atoms with Crippen LogP contribution < -0.4 is 14.8 Å². The van der Waals surface area contributed by atoms with Crippen LogP contribution in [-0.2, 0) is 11.3 Å². The van der Waals surface area contributed by atoms with Crippen molar-refractivity contribution < 1.29 is 14.3 Å². The molecule has 3 aromatic rings. The van der Waals surface area contributed by atoms with Gasteiger partial charge in [-0.1, -0.05) is 42.1 Å². The molecule has 2 aromatic carbocycles. The maximum Gasteiger partial charge on any atom is 0.234 e. The fourth-order valence-corrected chi connectivity index (χ4v) is 3.91. The number of ether oxygens (including phenoxy) is 2. The van der Waals surface area contributed by atoms with Gasteiger partial charge in [0.05, 0.1) is 5.75 Å². The lowest BCUT2D eigenvalue weighted by molar-refractivity contribution is -0.113. The van der Waals surface area contributed by atoms with Crippen LogP contribution in [-0.4, -0.2) is 39.6 Å². The number of aryl methyl sites for hydroxylation is 1. The molecule has 0 spiro atoms. The number of fused-ring (bicyclic) bond motifs is 1. The van der Waals surface area contributed by atoms with Crippen LogP contribution in [0.2, 0.25) is 0 Å². The van der Waals surface area contributed by atoms with Crippen LogP contribution in [0.5, 0.6) is 11.5 Å². The number of thioether (sulfide) groups is 1. The van der Waals surface area contributed by atoms with E-state index in [1.165, 1.54) is 11.8 Å². The molecule has 1 N–H and O–H groups in total. The molecule has 0 radical (unpaired) electrons. The first kappa shape index (κ1) is 20.0. The predicted octanol–water partition coefficient (Wildman–Crippen LogP) is 3.94. The Hall–Kier alpha value is -3.26. The number of carbonyl (C=O) groups is 1. The topological polar surface area (TPSA) is 78.3 Å². The number of rotatable bonds is 7. The van der Waals surface area contributed by atoms with Crippen molar-refractivity contribution in [3.05, 3.63) is 60.7 Å². The van der Waals surface area contributed by atoms with Gasteiger partial charge in [-0.05, 0) is 24.6 Å². The van der Waals surface area contributed by atoms with E-state index in [9.17, 15) is 4.79 Å². The zero-order chi connectivity index (χ0) is 20.9. The minimum absolute atomic E-state index is 0.137. The van der Waals surface area contributed by atoms with Crippen molar-refractivity contribution in [3.63, 3.8) is 0 Å². The third kappa shape index (κ3) is 4.33. The van der Waals surface area contributed by atoms with Gasteiger partial charge in [0.15, 0.2) is 22.5 Å². The smallest absolute Gasteiger partial charge is 0.234 e. The molecule has 0 atom stereocenters. The molecule has 30 heavy (non-hydrogen) atoms. The molecule has 0 saturated carbocycles. The first-order chi connectivity index (χ1) is 14.7. The lowest BCUT2D eigenvalue weighted by Gasteiger charge is -2.19. The summed E-state index contributed by atoms with van der Waals surface area (Å²) >= 11 is 1.34. The highest BCUT2D eigenvalue weighted by Crippen LogP contribution is 2.33. The molecule has 154 valence electrons. The van der Waals surface area contributed by atoms with Gasteiger partial charge in [-0.3, -0.25) is 9.36 Å². The first-order valence-corrected chi connectivity index (χ1v) is 10.6. The standard InChI is InChI=1S/C22H22N4O3S/c1-3-10-26-21(17-7-5-4-6-15(17)2)24-25-22(26)30-14-20(27)23-16-8-9-18-19(13-16)29-12-11-28-18/h3-9,13H,1,10-12,14H2,2H3,(H,23,27). The molecule has 0 saturated heterocycles. The van der Waals surface area contributed by atoms with Crippen molar-refractivity contribution in [3.8, 4) is 22.9 Å². The largest absolute Gasteiger partial charge is 0.486 e. The number of carbonyl (C=O) groups excluding carboxylic acids is 1. The molecule has 0 unspecified atom stereocenters. The molecule has 4 rings (SSSR count). The zero-order valence-corrected chi connectivity index (χ0v) is 17.4. The summed E-state index contributed by atoms with van der Waals surface area (Å²) < 4.78 is 13.0. The summed E-state index contributed by atoms with van der Waals surface area (Å²) in [7, 11) is 0. The predicted molar refractivity (Wildman–Crippen MR) is 117 cm³/mol. The average molecular weight is 423 g/mol. The van der Waals surface area contributed by atoms with E-state index >= 15 is 0 Å². The van der Waals surface area contributed by atoms with E-state index < -0.39 is 0 Å². The lowest BCUT2D eigenvalue weighted by atomic mass is 10.1. The van der Waals surface area contributed by atoms with Gasteiger partial charge >= 0.3 is 0 Å². The van der Waals surface area contributed by atoms with Gasteiger partial charge in [-0.25, -0.2) is 0 Å². The molecule has 1 aromatic heterocycles. The summed E-state index contributed by atoms with van der Waals surface area (Å²) in [6, 6.07) is 13.4. The summed E-state index contributed by atoms with van der Waals surface area (Å²) in [5.41, 5.74) is 2.79. The Morgan fingerprint density at radius 1 is 1.20 bits per heavy atom. The maximum atomic E-state index is 12.5. The maximum absolute atomic E-state index is 12.5. The molecular weight excluding hydrogens is 400 g/mol. The third-order valence-electron chi connectivity index (χ3n) is 4.57. The van der Waals surface area contributed by atoms with Gasteiger partial charge in [-0.15, -0.1) is 16.8 Å². The average Bonchev–Trinajstić information content (AvgIpc) is 3.15. The minimum Gasteiger partial charge on any atom is -0.486 e. The van der Waals surface area contributed by atoms with Crippen LogP contribution in [0.15, 0.2) is 60.3 Å². The molecule has 0 bridgehead atoms. The van der Waals surface area contributed by atoms with Gasteiger partial charge in [0.25, 0.3) is 0 Å². The SMILES string of the molecule is C=CCn1c(SCC(=O)Nc2ccc3c(c2)OCCO3)nnc1-c1ccccc1C. The van der Waals surface area contributed by atoms with Crippen LogP contribution in [0.4, 0.5) is 5.69 Å². The number of allylic oxidation sites excluding steroid dienone is 1. The summed E-state index contributed by atoms with van der Waals surface area (Å²) in [4.78, 5) is 12.5. The van der Waals surface area contributed by atoms with Gasteiger partial charge in [-0.2, -0.15) is 0 Å². The van der Waals surface area contributed by atoms with Gasteiger partial charge in [0.1, 0.15) is 13.2 Å². The van der Waals surface area contributed by atoms with Crippen molar-refractivity contribution in [2.24, 2.45) is 0 Å². The van der Waals surface area contributed by atoms with Gasteiger partial charge < -0.3 is 14.8 Å². The Morgan fingerprint density at radius 2 is 2.00 bits per heavy atom. The summed E-state index contributed by atoms with van der Waals surface area (Å²) in [6.07, 6.45) is 1.80. The molecule has 2 heterocycles. The number of anilines is 1. The molecule has 0 aliphatic carbocycles. The second-order valence-corrected chi connectivity index (χ2v) is 7.66. The number of hydrogen-bond acceptors (Lipinski definition) is 6. The molecule has 1 aliphatic rings. The molecule has 0 fully saturated rings. The van der Waals surface area contributed by atoms with E-state index in [-0.39, 0.29) is 11.7 Å². The van der Waals surface area contributed by atoms with E-state index in [4.69, 9.17) is 9.47 Å². The van der Waals surface area contributed by atoms with Crippen LogP contribution in [0.1, 0.15) is 5.56 Å². The highest BCUT2D eigenvalue weighted by Gasteiger charge is 2.17. The molecular formula is C22H22N4O3S. The van der Waals surface area contributed by atoms with Crippen molar-refractivity contribution in [2.75, 3.05) is 24.3 Å². The van der Waals surface area contributed by atoms with Crippen LogP contribution in [0.3, 0.4) is 0 Å². The van der Waals surface area contributed by atoms with Crippen molar-refractivity contribution >= 4 is 23.4 Å². The fourth-order valence-electron chi connectivity index (χ4n) is 3.16. The van der Waals surface area contributed by atoms with Crippen LogP contribution in [0.25, 0.3) is 11.4 Å². The van der Waals surface area contributed by atoms with Crippen LogP contribution in [0, 0.1) is 6.92 Å². The normalized spacial score (nSPS) is 12.4. The number of benzene rings is 2. The Bertz CT molecular complexity index is 1080. The molecule has 7 nitrogen and oxygen atoms in total. The number of amides is 1. The third-order valence-corrected chi connectivity index (χ3v) is 5.54. The Balaban J connectivity index is 1.45. The van der Waals surface area contributed by atoms with E-state index in [2.05, 4.69) is 22.1 Å². The van der Waals surface area contributed by atoms with E-state index in [1.807, 2.05) is 35.8 Å². The second kappa shape index (κ2) is 9.04. The summed E-state index contributed by atoms with van der Waals surface area (Å²) in [5, 5.41) is 12.2. The van der Waals surface area contributed by atoms with Crippen molar-refractivity contribution in [1.29, 1.82) is 0 Å². The quantitative estimate of drug-likeness (QED) is 0.459. The van der Waals surface area contributed by atoms with Crippen molar-refractivity contribution in [1.82, 2.24) is 14.8 Å². The number of nitrogens with zero attached hydrogens (tertiary/aromatic N) is 3. The summed E-state index contributed by atoms with van der Waals surface area (Å²) in [6.45, 7) is 7.46. The highest BCUT2D eigenvalue weighted by molar-refractivity contribution is 7.99. The molecule has 1 aliphatic heterocycles. The number of nitrogens with one attached hydrogen (secondary N) is 1. The Labute approximate surface area is 179 Å². The van der Waals surface area contributed by atoms with E-state index in [0.29, 0.717) is 42.1 Å². The number of hydrogen-bond donors (Lipinski definition) is 1. The monoisotopic (exact) mass is 422 g/mol. The lowest BCUT2D eigenvalue weighted by Crippen LogP contribution is -2.17. The highest BCUT2D eigenvalue weighted by atomic mass is 32.2. The Morgan fingerprint density at radius 3 is 2.80 bits per heavy atom. The van der Waals surface area contributed by atoms with Crippen LogP contribution >= 0.6 is 11.8 Å². The van der Waals surface area contributed by atoms with Crippen molar-refractivity contribution in [2.45, 2.75) is 18.6 Å². The first-order valence-electron chi connectivity index (χ1n) is 9.58. The minimum atomic E-state index is -0.137. The van der Waals surface area contributed by atoms with Gasteiger partial charge in [0, 0.05) is 23.9 Å². The van der Waals surface area contributed by atoms with E-state index in [0.717, 1.165) is 17.0 Å². The molecule has 1 amide bonds. The van der Waals surface area contributed by atoms with E-state index in [1.54, 1.807) is 24.3 Å². The fraction of sp³-hybridized carbons (Fsp3) is 0.227. The number of aromatic nitrogens is 3. The Kier molecular flexibility index (Phi) is 6.04. The summed E-state index contributed by atoms with van der Waals surface area (Å²) in [5.74, 6) is 2.16. The zero-order valence-electron chi connectivity index (χ0n) is 16.6. The molecule has 8 heteroatoms.